The first-order valence-corrected chi connectivity index (χ1v) is 6.73. The van der Waals surface area contributed by atoms with Gasteiger partial charge in [-0.1, -0.05) is 0 Å². The number of rotatable bonds is 7. The summed E-state index contributed by atoms with van der Waals surface area (Å²) >= 11 is 0. The van der Waals surface area contributed by atoms with Gasteiger partial charge in [0.2, 0.25) is 10.0 Å². The number of sulfonamides is 1. The van der Waals surface area contributed by atoms with Gasteiger partial charge in [0.15, 0.2) is 0 Å². The molecule has 0 aliphatic heterocycles. The maximum absolute atomic E-state index is 11.5. The van der Waals surface area contributed by atoms with Crippen LogP contribution in [0.2, 0.25) is 0 Å². The summed E-state index contributed by atoms with van der Waals surface area (Å²) in [6, 6.07) is 1.40. The number of nitrogens with zero attached hydrogens (tertiary/aromatic N) is 2. The molecule has 0 aromatic carbocycles. The molecule has 0 aliphatic carbocycles. The Morgan fingerprint density at radius 2 is 2.29 bits per heavy atom. The number of hydrogen-bond donors (Lipinski definition) is 2. The molecule has 0 spiro atoms. The number of carboxylic acids is 1. The third-order valence-electron chi connectivity index (χ3n) is 1.99. The zero-order valence-electron chi connectivity index (χ0n) is 9.41. The molecule has 7 nitrogen and oxygen atoms in total. The van der Waals surface area contributed by atoms with Gasteiger partial charge in [-0.05, 0) is 13.0 Å². The maximum Gasteiger partial charge on any atom is 0.304 e. The normalized spacial score (nSPS) is 13.5. The van der Waals surface area contributed by atoms with Gasteiger partial charge in [0.25, 0.3) is 0 Å². The fraction of sp³-hybridized carbons (Fsp3) is 0.556. The predicted molar refractivity (Wildman–Crippen MR) is 60.9 cm³/mol. The van der Waals surface area contributed by atoms with Gasteiger partial charge in [-0.25, -0.2) is 13.1 Å². The SMILES string of the molecule is CC(Cn1cccn1)NS(=O)(=O)CCC(=O)O. The molecule has 96 valence electrons. The molecule has 0 radical (unpaired) electrons. The van der Waals surface area contributed by atoms with E-state index in [1.165, 1.54) is 0 Å². The lowest BCUT2D eigenvalue weighted by atomic mass is 10.4. The molecule has 17 heavy (non-hydrogen) atoms. The van der Waals surface area contributed by atoms with Crippen LogP contribution in [0.1, 0.15) is 13.3 Å². The molecule has 1 aromatic rings. The van der Waals surface area contributed by atoms with Gasteiger partial charge in [-0.3, -0.25) is 9.48 Å². The number of hydrogen-bond acceptors (Lipinski definition) is 4. The van der Waals surface area contributed by atoms with Crippen LogP contribution in [-0.4, -0.2) is 41.1 Å². The molecule has 1 atom stereocenters. The average molecular weight is 261 g/mol. The Bertz CT molecular complexity index is 455. The van der Waals surface area contributed by atoms with E-state index in [2.05, 4.69) is 9.82 Å². The Morgan fingerprint density at radius 3 is 2.82 bits per heavy atom. The first kappa shape index (κ1) is 13.7. The van der Waals surface area contributed by atoms with Crippen LogP contribution in [0.25, 0.3) is 0 Å². The van der Waals surface area contributed by atoms with E-state index in [9.17, 15) is 13.2 Å². The summed E-state index contributed by atoms with van der Waals surface area (Å²) in [4.78, 5) is 10.3. The third-order valence-corrected chi connectivity index (χ3v) is 3.49. The molecule has 1 aromatic heterocycles. The Balaban J connectivity index is 2.44. The van der Waals surface area contributed by atoms with Gasteiger partial charge in [-0.2, -0.15) is 5.10 Å². The van der Waals surface area contributed by atoms with Crippen molar-refractivity contribution in [3.05, 3.63) is 18.5 Å². The standard InChI is InChI=1S/C9H15N3O4S/c1-8(7-12-5-2-4-10-12)11-17(15,16)6-3-9(13)14/h2,4-5,8,11H,3,6-7H2,1H3,(H,13,14). The average Bonchev–Trinajstić information content (AvgIpc) is 2.66. The molecular weight excluding hydrogens is 246 g/mol. The number of carboxylic acid groups (broad SMARTS) is 1. The minimum atomic E-state index is -3.55. The lowest BCUT2D eigenvalue weighted by molar-refractivity contribution is -0.136. The smallest absolute Gasteiger partial charge is 0.304 e. The van der Waals surface area contributed by atoms with Gasteiger partial charge in [0, 0.05) is 18.4 Å². The van der Waals surface area contributed by atoms with Crippen molar-refractivity contribution < 1.29 is 18.3 Å². The van der Waals surface area contributed by atoms with E-state index in [1.54, 1.807) is 30.1 Å². The van der Waals surface area contributed by atoms with Crippen LogP contribution in [0.4, 0.5) is 0 Å². The molecule has 0 aliphatic rings. The van der Waals surface area contributed by atoms with Gasteiger partial charge in [-0.15, -0.1) is 0 Å². The van der Waals surface area contributed by atoms with E-state index in [0.29, 0.717) is 6.54 Å². The Kier molecular flexibility index (Phi) is 4.64. The summed E-state index contributed by atoms with van der Waals surface area (Å²) in [6.07, 6.45) is 2.93. The van der Waals surface area contributed by atoms with E-state index < -0.39 is 28.2 Å². The zero-order chi connectivity index (χ0) is 12.9. The van der Waals surface area contributed by atoms with Crippen LogP contribution in [-0.2, 0) is 21.4 Å². The van der Waals surface area contributed by atoms with Crippen LogP contribution in [0.5, 0.6) is 0 Å². The second-order valence-corrected chi connectivity index (χ2v) is 5.58. The van der Waals surface area contributed by atoms with Crippen molar-refractivity contribution in [1.29, 1.82) is 0 Å². The lowest BCUT2D eigenvalue weighted by Gasteiger charge is -2.13. The molecule has 8 heteroatoms. The first-order chi connectivity index (χ1) is 7.89. The van der Waals surface area contributed by atoms with Crippen molar-refractivity contribution in [2.75, 3.05) is 5.75 Å². The Labute approximate surface area is 99.5 Å². The highest BCUT2D eigenvalue weighted by atomic mass is 32.2. The van der Waals surface area contributed by atoms with Crippen LogP contribution >= 0.6 is 0 Å². The van der Waals surface area contributed by atoms with E-state index in [1.807, 2.05) is 0 Å². The van der Waals surface area contributed by atoms with Crippen molar-refractivity contribution in [2.24, 2.45) is 0 Å². The van der Waals surface area contributed by atoms with E-state index in [4.69, 9.17) is 5.11 Å². The van der Waals surface area contributed by atoms with E-state index >= 15 is 0 Å². The largest absolute Gasteiger partial charge is 0.481 e. The fourth-order valence-corrected chi connectivity index (χ4v) is 2.56. The third kappa shape index (κ3) is 5.45. The molecule has 0 saturated heterocycles. The summed E-state index contributed by atoms with van der Waals surface area (Å²) in [6.45, 7) is 2.10. The zero-order valence-corrected chi connectivity index (χ0v) is 10.2. The maximum atomic E-state index is 11.5. The van der Waals surface area contributed by atoms with Crippen molar-refractivity contribution in [2.45, 2.75) is 25.9 Å². The van der Waals surface area contributed by atoms with Gasteiger partial charge >= 0.3 is 5.97 Å². The number of carbonyl (C=O) groups is 1. The van der Waals surface area contributed by atoms with Crippen LogP contribution in [0.3, 0.4) is 0 Å². The number of aliphatic carboxylic acids is 1. The Hall–Kier alpha value is -1.41. The second kappa shape index (κ2) is 5.78. The second-order valence-electron chi connectivity index (χ2n) is 3.71. The highest BCUT2D eigenvalue weighted by Crippen LogP contribution is 1.96. The predicted octanol–water partition coefficient (Wildman–Crippen LogP) is -0.334. The van der Waals surface area contributed by atoms with E-state index in [-0.39, 0.29) is 6.04 Å². The number of nitrogens with one attached hydrogen (secondary N) is 1. The molecular formula is C9H15N3O4S. The minimum absolute atomic E-state index is 0.339. The summed E-state index contributed by atoms with van der Waals surface area (Å²) in [5, 5.41) is 12.4. The van der Waals surface area contributed by atoms with Crippen molar-refractivity contribution in [3.8, 4) is 0 Å². The Morgan fingerprint density at radius 1 is 1.59 bits per heavy atom. The van der Waals surface area contributed by atoms with Crippen molar-refractivity contribution in [1.82, 2.24) is 14.5 Å². The van der Waals surface area contributed by atoms with Crippen LogP contribution < -0.4 is 4.72 Å². The lowest BCUT2D eigenvalue weighted by Crippen LogP contribution is -2.37. The summed E-state index contributed by atoms with van der Waals surface area (Å²) in [5.41, 5.74) is 0. The minimum Gasteiger partial charge on any atom is -0.481 e. The summed E-state index contributed by atoms with van der Waals surface area (Å²) < 4.78 is 26.9. The number of aromatic nitrogens is 2. The summed E-state index contributed by atoms with van der Waals surface area (Å²) in [5.74, 6) is -1.54. The molecule has 1 unspecified atom stereocenters. The first-order valence-electron chi connectivity index (χ1n) is 5.08. The monoisotopic (exact) mass is 261 g/mol. The highest BCUT2D eigenvalue weighted by molar-refractivity contribution is 7.89. The molecule has 0 bridgehead atoms. The van der Waals surface area contributed by atoms with Gasteiger partial charge in [0.05, 0.1) is 18.7 Å². The quantitative estimate of drug-likeness (QED) is 0.699. The highest BCUT2D eigenvalue weighted by Gasteiger charge is 2.16. The molecule has 0 fully saturated rings. The van der Waals surface area contributed by atoms with Gasteiger partial charge < -0.3 is 5.11 Å². The topological polar surface area (TPSA) is 101 Å². The van der Waals surface area contributed by atoms with E-state index in [0.717, 1.165) is 0 Å². The molecule has 1 heterocycles. The molecule has 0 amide bonds. The fourth-order valence-electron chi connectivity index (χ4n) is 1.31. The van der Waals surface area contributed by atoms with Crippen LogP contribution in [0, 0.1) is 0 Å². The molecule has 2 N–H and O–H groups in total. The molecule has 1 rings (SSSR count). The van der Waals surface area contributed by atoms with Crippen LogP contribution in [0.15, 0.2) is 18.5 Å². The van der Waals surface area contributed by atoms with Crippen molar-refractivity contribution >= 4 is 16.0 Å². The summed E-state index contributed by atoms with van der Waals surface area (Å²) in [7, 11) is -3.55. The molecule has 0 saturated carbocycles. The van der Waals surface area contributed by atoms with Gasteiger partial charge in [0.1, 0.15) is 0 Å². The van der Waals surface area contributed by atoms with Crippen molar-refractivity contribution in [3.63, 3.8) is 0 Å².